The summed E-state index contributed by atoms with van der Waals surface area (Å²) in [6.45, 7) is 1.54. The Bertz CT molecular complexity index is 970. The van der Waals surface area contributed by atoms with Crippen LogP contribution in [0.4, 0.5) is 4.79 Å². The summed E-state index contributed by atoms with van der Waals surface area (Å²) in [7, 11) is 0. The van der Waals surface area contributed by atoms with E-state index in [1.807, 2.05) is 36.4 Å². The molecule has 5 rings (SSSR count). The first-order chi connectivity index (χ1) is 13.6. The topological polar surface area (TPSA) is 70.2 Å². The van der Waals surface area contributed by atoms with Crippen LogP contribution in [0.2, 0.25) is 0 Å². The first-order valence-corrected chi connectivity index (χ1v) is 9.69. The standard InChI is InChI=1S/C21H21N3O4/c25-19-16-8-4-10-23(16)20(26)17-13-22(11-12-24(17)19)21(27)28-18-9-3-6-14-5-1-2-7-15(14)18/h1-3,5-7,9,16-17H,4,8,10-13H2/t16-,17-/m1/s1. The molecule has 0 spiro atoms. The largest absolute Gasteiger partial charge is 0.415 e. The number of amides is 3. The summed E-state index contributed by atoms with van der Waals surface area (Å²) in [6.07, 6.45) is 1.11. The Kier molecular flexibility index (Phi) is 3.96. The number of carbonyl (C=O) groups excluding carboxylic acids is 3. The third-order valence-electron chi connectivity index (χ3n) is 5.97. The zero-order chi connectivity index (χ0) is 19.3. The van der Waals surface area contributed by atoms with Crippen LogP contribution in [-0.2, 0) is 9.59 Å². The van der Waals surface area contributed by atoms with Gasteiger partial charge in [0.25, 0.3) is 0 Å². The fourth-order valence-electron chi connectivity index (χ4n) is 4.54. The highest BCUT2D eigenvalue weighted by Gasteiger charge is 2.50. The van der Waals surface area contributed by atoms with Gasteiger partial charge in [0, 0.05) is 25.0 Å². The van der Waals surface area contributed by atoms with E-state index in [1.165, 1.54) is 4.90 Å². The van der Waals surface area contributed by atoms with E-state index < -0.39 is 12.1 Å². The molecule has 2 aromatic rings. The van der Waals surface area contributed by atoms with Gasteiger partial charge in [0.2, 0.25) is 11.8 Å². The van der Waals surface area contributed by atoms with E-state index in [4.69, 9.17) is 4.74 Å². The molecule has 7 heteroatoms. The van der Waals surface area contributed by atoms with Crippen molar-refractivity contribution in [2.45, 2.75) is 24.9 Å². The molecule has 3 fully saturated rings. The predicted octanol–water partition coefficient (Wildman–Crippen LogP) is 1.86. The lowest BCUT2D eigenvalue weighted by molar-refractivity contribution is -0.162. The molecule has 2 atom stereocenters. The van der Waals surface area contributed by atoms with E-state index in [-0.39, 0.29) is 24.4 Å². The average Bonchev–Trinajstić information content (AvgIpc) is 3.22. The van der Waals surface area contributed by atoms with Crippen molar-refractivity contribution < 1.29 is 19.1 Å². The van der Waals surface area contributed by atoms with E-state index in [2.05, 4.69) is 0 Å². The first-order valence-electron chi connectivity index (χ1n) is 9.69. The molecule has 0 bridgehead atoms. The Morgan fingerprint density at radius 1 is 0.893 bits per heavy atom. The maximum absolute atomic E-state index is 12.8. The van der Waals surface area contributed by atoms with Crippen molar-refractivity contribution in [2.24, 2.45) is 0 Å². The van der Waals surface area contributed by atoms with Crippen LogP contribution in [0.3, 0.4) is 0 Å². The highest BCUT2D eigenvalue weighted by molar-refractivity contribution is 5.98. The van der Waals surface area contributed by atoms with Gasteiger partial charge in [-0.15, -0.1) is 0 Å². The van der Waals surface area contributed by atoms with Gasteiger partial charge in [0.15, 0.2) is 0 Å². The van der Waals surface area contributed by atoms with Crippen molar-refractivity contribution in [1.29, 1.82) is 0 Å². The van der Waals surface area contributed by atoms with Crippen molar-refractivity contribution >= 4 is 28.7 Å². The number of nitrogens with zero attached hydrogens (tertiary/aromatic N) is 3. The smallest absolute Gasteiger partial charge is 0.410 e. The van der Waals surface area contributed by atoms with Crippen molar-refractivity contribution in [1.82, 2.24) is 14.7 Å². The third kappa shape index (κ3) is 2.61. The predicted molar refractivity (Wildman–Crippen MR) is 102 cm³/mol. The normalized spacial score (nSPS) is 24.4. The van der Waals surface area contributed by atoms with Crippen molar-refractivity contribution in [3.8, 4) is 5.75 Å². The molecule has 3 amide bonds. The Morgan fingerprint density at radius 3 is 2.54 bits per heavy atom. The number of fused-ring (bicyclic) bond motifs is 3. The monoisotopic (exact) mass is 379 g/mol. The van der Waals surface area contributed by atoms with E-state index in [0.29, 0.717) is 25.4 Å². The fraction of sp³-hybridized carbons (Fsp3) is 0.381. The van der Waals surface area contributed by atoms with Gasteiger partial charge in [-0.25, -0.2) is 4.79 Å². The van der Waals surface area contributed by atoms with Crippen LogP contribution in [0.15, 0.2) is 42.5 Å². The minimum atomic E-state index is -0.601. The fourth-order valence-corrected chi connectivity index (χ4v) is 4.54. The Balaban J connectivity index is 1.34. The molecule has 0 saturated carbocycles. The summed E-state index contributed by atoms with van der Waals surface area (Å²) in [6, 6.07) is 12.4. The second-order valence-electron chi connectivity index (χ2n) is 7.53. The summed E-state index contributed by atoms with van der Waals surface area (Å²) >= 11 is 0. The molecule has 7 nitrogen and oxygen atoms in total. The minimum absolute atomic E-state index is 0.0178. The van der Waals surface area contributed by atoms with Gasteiger partial charge >= 0.3 is 6.09 Å². The highest BCUT2D eigenvalue weighted by Crippen LogP contribution is 2.30. The Hall–Kier alpha value is -3.09. The zero-order valence-corrected chi connectivity index (χ0v) is 15.4. The van der Waals surface area contributed by atoms with Crippen LogP contribution in [0.5, 0.6) is 5.75 Å². The molecule has 3 aliphatic rings. The SMILES string of the molecule is O=C(Oc1cccc2ccccc12)N1CCN2C(=O)[C@H]3CCCN3C(=O)[C@H]2C1. The molecule has 144 valence electrons. The summed E-state index contributed by atoms with van der Waals surface area (Å²) < 4.78 is 5.65. The molecule has 2 aromatic carbocycles. The van der Waals surface area contributed by atoms with Crippen LogP contribution >= 0.6 is 0 Å². The van der Waals surface area contributed by atoms with Gasteiger partial charge in [-0.05, 0) is 24.3 Å². The van der Waals surface area contributed by atoms with Crippen LogP contribution < -0.4 is 4.74 Å². The van der Waals surface area contributed by atoms with E-state index in [9.17, 15) is 14.4 Å². The number of hydrogen-bond donors (Lipinski definition) is 0. The van der Waals surface area contributed by atoms with Gasteiger partial charge in [-0.1, -0.05) is 36.4 Å². The van der Waals surface area contributed by atoms with Crippen molar-refractivity contribution in [3.63, 3.8) is 0 Å². The third-order valence-corrected chi connectivity index (χ3v) is 5.97. The van der Waals surface area contributed by atoms with Gasteiger partial charge < -0.3 is 19.4 Å². The van der Waals surface area contributed by atoms with Crippen molar-refractivity contribution in [3.05, 3.63) is 42.5 Å². The number of rotatable bonds is 1. The molecule has 0 radical (unpaired) electrons. The van der Waals surface area contributed by atoms with Gasteiger partial charge in [0.05, 0.1) is 6.54 Å². The number of ether oxygens (including phenoxy) is 1. The molecule has 0 aliphatic carbocycles. The molecular formula is C21H21N3O4. The summed E-state index contributed by atoms with van der Waals surface area (Å²) in [5.74, 6) is 0.463. The maximum atomic E-state index is 12.8. The lowest BCUT2D eigenvalue weighted by atomic mass is 10.0. The molecule has 0 aromatic heterocycles. The van der Waals surface area contributed by atoms with Crippen LogP contribution in [0.25, 0.3) is 10.8 Å². The van der Waals surface area contributed by atoms with Crippen LogP contribution in [0.1, 0.15) is 12.8 Å². The molecule has 3 aliphatic heterocycles. The number of carbonyl (C=O) groups is 3. The average molecular weight is 379 g/mol. The first kappa shape index (κ1) is 17.0. The minimum Gasteiger partial charge on any atom is -0.410 e. The molecular weight excluding hydrogens is 358 g/mol. The molecule has 28 heavy (non-hydrogen) atoms. The summed E-state index contributed by atoms with van der Waals surface area (Å²) in [5.41, 5.74) is 0. The summed E-state index contributed by atoms with van der Waals surface area (Å²) in [4.78, 5) is 43.2. The number of piperazine rings is 2. The van der Waals surface area contributed by atoms with Crippen LogP contribution in [0, 0.1) is 0 Å². The van der Waals surface area contributed by atoms with E-state index >= 15 is 0 Å². The van der Waals surface area contributed by atoms with Crippen LogP contribution in [-0.4, -0.2) is 70.9 Å². The molecule has 3 heterocycles. The van der Waals surface area contributed by atoms with Gasteiger partial charge in [-0.2, -0.15) is 0 Å². The van der Waals surface area contributed by atoms with Crippen molar-refractivity contribution in [2.75, 3.05) is 26.2 Å². The Labute approximate surface area is 162 Å². The zero-order valence-electron chi connectivity index (χ0n) is 15.4. The number of hydrogen-bond acceptors (Lipinski definition) is 4. The second-order valence-corrected chi connectivity index (χ2v) is 7.53. The number of benzene rings is 2. The molecule has 0 N–H and O–H groups in total. The van der Waals surface area contributed by atoms with Gasteiger partial charge in [0.1, 0.15) is 17.8 Å². The van der Waals surface area contributed by atoms with Gasteiger partial charge in [-0.3, -0.25) is 9.59 Å². The summed E-state index contributed by atoms with van der Waals surface area (Å²) in [5, 5.41) is 1.85. The second kappa shape index (κ2) is 6.51. The molecule has 0 unspecified atom stereocenters. The Morgan fingerprint density at radius 2 is 1.64 bits per heavy atom. The highest BCUT2D eigenvalue weighted by atomic mass is 16.6. The molecule has 3 saturated heterocycles. The lowest BCUT2D eigenvalue weighted by Gasteiger charge is -2.47. The maximum Gasteiger partial charge on any atom is 0.415 e. The lowest BCUT2D eigenvalue weighted by Crippen LogP contribution is -2.69. The quantitative estimate of drug-likeness (QED) is 0.758. The van der Waals surface area contributed by atoms with E-state index in [0.717, 1.165) is 23.6 Å². The van der Waals surface area contributed by atoms with E-state index in [1.54, 1.807) is 15.9 Å².